The van der Waals surface area contributed by atoms with Gasteiger partial charge in [-0.15, -0.1) is 0 Å². The van der Waals surface area contributed by atoms with Crippen LogP contribution >= 0.6 is 0 Å². The van der Waals surface area contributed by atoms with Gasteiger partial charge in [0.15, 0.2) is 0 Å². The van der Waals surface area contributed by atoms with Crippen molar-refractivity contribution in [3.05, 3.63) is 60.1 Å². The summed E-state index contributed by atoms with van der Waals surface area (Å²) in [6.45, 7) is 0.453. The first-order chi connectivity index (χ1) is 11.8. The SMILES string of the molecule is O=C(NCc1cccnc1-n1ccnc1)C1CCc2[nH]ncc2C1. The molecular weight excluding hydrogens is 304 g/mol. The Bertz CT molecular complexity index is 838. The molecule has 1 aliphatic rings. The molecule has 122 valence electrons. The van der Waals surface area contributed by atoms with Crippen LogP contribution in [0.1, 0.15) is 23.2 Å². The Balaban J connectivity index is 1.44. The Morgan fingerprint density at radius 2 is 2.38 bits per heavy atom. The Hall–Kier alpha value is -2.96. The van der Waals surface area contributed by atoms with Gasteiger partial charge in [0, 0.05) is 42.3 Å². The van der Waals surface area contributed by atoms with Gasteiger partial charge in [-0.25, -0.2) is 9.97 Å². The van der Waals surface area contributed by atoms with Gasteiger partial charge >= 0.3 is 0 Å². The van der Waals surface area contributed by atoms with Crippen LogP contribution in [-0.2, 0) is 24.2 Å². The monoisotopic (exact) mass is 322 g/mol. The average Bonchev–Trinajstić information content (AvgIpc) is 3.30. The number of nitrogens with one attached hydrogen (secondary N) is 2. The Morgan fingerprint density at radius 1 is 1.42 bits per heavy atom. The van der Waals surface area contributed by atoms with E-state index in [1.807, 2.05) is 29.1 Å². The third-order valence-electron chi connectivity index (χ3n) is 4.46. The summed E-state index contributed by atoms with van der Waals surface area (Å²) in [5.74, 6) is 0.877. The normalized spacial score (nSPS) is 16.6. The molecule has 0 spiro atoms. The van der Waals surface area contributed by atoms with Crippen LogP contribution in [0.4, 0.5) is 0 Å². The first-order valence-corrected chi connectivity index (χ1v) is 8.02. The smallest absolute Gasteiger partial charge is 0.223 e. The van der Waals surface area contributed by atoms with E-state index in [0.29, 0.717) is 6.54 Å². The molecule has 0 aliphatic heterocycles. The lowest BCUT2D eigenvalue weighted by molar-refractivity contribution is -0.125. The Morgan fingerprint density at radius 3 is 3.25 bits per heavy atom. The Labute approximate surface area is 139 Å². The number of hydrogen-bond donors (Lipinski definition) is 2. The second-order valence-electron chi connectivity index (χ2n) is 5.99. The van der Waals surface area contributed by atoms with Gasteiger partial charge in [-0.2, -0.15) is 5.10 Å². The predicted octanol–water partition coefficient (Wildman–Crippen LogP) is 1.41. The fraction of sp³-hybridized carbons (Fsp3) is 0.294. The molecule has 3 heterocycles. The second-order valence-corrected chi connectivity index (χ2v) is 5.99. The summed E-state index contributed by atoms with van der Waals surface area (Å²) in [6.07, 6.45) is 11.3. The van der Waals surface area contributed by atoms with Gasteiger partial charge < -0.3 is 5.32 Å². The summed E-state index contributed by atoms with van der Waals surface area (Å²) in [7, 11) is 0. The molecular formula is C17H18N6O. The van der Waals surface area contributed by atoms with Crippen molar-refractivity contribution in [1.29, 1.82) is 0 Å². The van der Waals surface area contributed by atoms with Crippen LogP contribution in [-0.4, -0.2) is 30.6 Å². The van der Waals surface area contributed by atoms with Gasteiger partial charge in [-0.1, -0.05) is 6.07 Å². The number of fused-ring (bicyclic) bond motifs is 1. The summed E-state index contributed by atoms with van der Waals surface area (Å²) in [4.78, 5) is 21.0. The van der Waals surface area contributed by atoms with Gasteiger partial charge in [0.1, 0.15) is 12.1 Å². The van der Waals surface area contributed by atoms with Gasteiger partial charge in [-0.3, -0.25) is 14.5 Å². The molecule has 1 aliphatic carbocycles. The first-order valence-electron chi connectivity index (χ1n) is 8.02. The number of hydrogen-bond acceptors (Lipinski definition) is 4. The molecule has 7 nitrogen and oxygen atoms in total. The van der Waals surface area contributed by atoms with Crippen LogP contribution in [0.3, 0.4) is 0 Å². The topological polar surface area (TPSA) is 88.5 Å². The number of carbonyl (C=O) groups is 1. The summed E-state index contributed by atoms with van der Waals surface area (Å²) in [5, 5.41) is 10.1. The molecule has 0 fully saturated rings. The summed E-state index contributed by atoms with van der Waals surface area (Å²) in [6, 6.07) is 3.85. The highest BCUT2D eigenvalue weighted by molar-refractivity contribution is 5.79. The number of imidazole rings is 1. The molecule has 3 aromatic rings. The maximum Gasteiger partial charge on any atom is 0.223 e. The minimum atomic E-state index is 0.00321. The number of aromatic amines is 1. The lowest BCUT2D eigenvalue weighted by Crippen LogP contribution is -2.33. The molecule has 2 N–H and O–H groups in total. The van der Waals surface area contributed by atoms with Crippen LogP contribution in [0.15, 0.2) is 43.2 Å². The number of H-pyrrole nitrogens is 1. The fourth-order valence-corrected chi connectivity index (χ4v) is 3.15. The maximum atomic E-state index is 12.5. The molecule has 0 aromatic carbocycles. The lowest BCUT2D eigenvalue weighted by Gasteiger charge is -2.21. The van der Waals surface area contributed by atoms with E-state index in [2.05, 4.69) is 25.5 Å². The van der Waals surface area contributed by atoms with Crippen molar-refractivity contribution < 1.29 is 4.79 Å². The maximum absolute atomic E-state index is 12.5. The van der Waals surface area contributed by atoms with Crippen LogP contribution in [0.2, 0.25) is 0 Å². The highest BCUT2D eigenvalue weighted by atomic mass is 16.1. The zero-order valence-electron chi connectivity index (χ0n) is 13.1. The number of pyridine rings is 1. The molecule has 24 heavy (non-hydrogen) atoms. The molecule has 1 atom stereocenters. The number of aromatic nitrogens is 5. The zero-order valence-corrected chi connectivity index (χ0v) is 13.1. The van der Waals surface area contributed by atoms with Crippen LogP contribution < -0.4 is 5.32 Å². The zero-order chi connectivity index (χ0) is 16.4. The highest BCUT2D eigenvalue weighted by Crippen LogP contribution is 2.24. The first kappa shape index (κ1) is 14.6. The third-order valence-corrected chi connectivity index (χ3v) is 4.46. The second kappa shape index (κ2) is 6.27. The fourth-order valence-electron chi connectivity index (χ4n) is 3.15. The van der Waals surface area contributed by atoms with E-state index < -0.39 is 0 Å². The van der Waals surface area contributed by atoms with Crippen molar-refractivity contribution in [2.75, 3.05) is 0 Å². The standard InChI is InChI=1S/C17H18N6O/c24-17(12-3-4-15-14(8-12)10-21-22-15)20-9-13-2-1-5-19-16(13)23-7-6-18-11-23/h1-2,5-7,10-12H,3-4,8-9H2,(H,20,24)(H,21,22). The summed E-state index contributed by atoms with van der Waals surface area (Å²) >= 11 is 0. The molecule has 1 amide bonds. The van der Waals surface area contributed by atoms with Crippen molar-refractivity contribution in [1.82, 2.24) is 30.0 Å². The number of carbonyl (C=O) groups excluding carboxylic acids is 1. The van der Waals surface area contributed by atoms with E-state index in [1.54, 1.807) is 18.7 Å². The molecule has 0 saturated carbocycles. The summed E-state index contributed by atoms with van der Waals surface area (Å²) in [5.41, 5.74) is 3.28. The van der Waals surface area contributed by atoms with Crippen molar-refractivity contribution in [2.24, 2.45) is 5.92 Å². The number of amides is 1. The van der Waals surface area contributed by atoms with Gasteiger partial charge in [0.2, 0.25) is 5.91 Å². The third kappa shape index (κ3) is 2.80. The minimum Gasteiger partial charge on any atom is -0.352 e. The summed E-state index contributed by atoms with van der Waals surface area (Å²) < 4.78 is 1.85. The lowest BCUT2D eigenvalue weighted by atomic mass is 9.87. The largest absolute Gasteiger partial charge is 0.352 e. The van der Waals surface area contributed by atoms with Gasteiger partial charge in [-0.05, 0) is 30.9 Å². The molecule has 3 aromatic heterocycles. The Kier molecular flexibility index (Phi) is 3.82. The average molecular weight is 322 g/mol. The van der Waals surface area contributed by atoms with E-state index in [4.69, 9.17) is 0 Å². The van der Waals surface area contributed by atoms with Crippen LogP contribution in [0.5, 0.6) is 0 Å². The van der Waals surface area contributed by atoms with Gasteiger partial charge in [0.25, 0.3) is 0 Å². The molecule has 1 unspecified atom stereocenters. The van der Waals surface area contributed by atoms with Crippen molar-refractivity contribution in [3.8, 4) is 5.82 Å². The number of nitrogens with zero attached hydrogens (tertiary/aromatic N) is 4. The quantitative estimate of drug-likeness (QED) is 0.760. The number of rotatable bonds is 4. The molecule has 4 rings (SSSR count). The van der Waals surface area contributed by atoms with Crippen LogP contribution in [0.25, 0.3) is 5.82 Å². The van der Waals surface area contributed by atoms with Crippen LogP contribution in [0, 0.1) is 5.92 Å². The molecule has 7 heteroatoms. The van der Waals surface area contributed by atoms with E-state index in [-0.39, 0.29) is 11.8 Å². The number of aryl methyl sites for hydroxylation is 1. The van der Waals surface area contributed by atoms with E-state index >= 15 is 0 Å². The van der Waals surface area contributed by atoms with E-state index in [0.717, 1.165) is 41.9 Å². The van der Waals surface area contributed by atoms with Crippen molar-refractivity contribution in [3.63, 3.8) is 0 Å². The molecule has 0 saturated heterocycles. The molecule has 0 bridgehead atoms. The van der Waals surface area contributed by atoms with E-state index in [1.165, 1.54) is 0 Å². The van der Waals surface area contributed by atoms with E-state index in [9.17, 15) is 4.79 Å². The molecule has 0 radical (unpaired) electrons. The van der Waals surface area contributed by atoms with Gasteiger partial charge in [0.05, 0.1) is 6.20 Å². The highest BCUT2D eigenvalue weighted by Gasteiger charge is 2.25. The van der Waals surface area contributed by atoms with Crippen molar-refractivity contribution in [2.45, 2.75) is 25.8 Å². The predicted molar refractivity (Wildman–Crippen MR) is 87.3 cm³/mol. The minimum absolute atomic E-state index is 0.00321. The van der Waals surface area contributed by atoms with Crippen molar-refractivity contribution >= 4 is 5.91 Å².